The molecule has 4 heteroatoms. The van der Waals surface area contributed by atoms with Gasteiger partial charge in [0, 0.05) is 19.3 Å². The van der Waals surface area contributed by atoms with E-state index in [2.05, 4.69) is 0 Å². The average Bonchev–Trinajstić information content (AvgIpc) is 2.50. The van der Waals surface area contributed by atoms with Crippen LogP contribution in [0.3, 0.4) is 0 Å². The smallest absolute Gasteiger partial charge is 0.306 e. The first-order chi connectivity index (χ1) is 11.0. The number of allylic oxidation sites excluding steroid dienone is 2. The van der Waals surface area contributed by atoms with Gasteiger partial charge in [-0.2, -0.15) is 0 Å². The van der Waals surface area contributed by atoms with E-state index < -0.39 is 6.10 Å². The fourth-order valence-corrected chi connectivity index (χ4v) is 2.88. The van der Waals surface area contributed by atoms with Crippen LogP contribution in [0.25, 0.3) is 0 Å². The van der Waals surface area contributed by atoms with E-state index in [1.54, 1.807) is 6.08 Å². The summed E-state index contributed by atoms with van der Waals surface area (Å²) in [6.07, 6.45) is 12.8. The van der Waals surface area contributed by atoms with Gasteiger partial charge in [0.15, 0.2) is 0 Å². The van der Waals surface area contributed by atoms with E-state index in [1.165, 1.54) is 0 Å². The molecular formula is C19H30O4. The van der Waals surface area contributed by atoms with Crippen molar-refractivity contribution in [3.63, 3.8) is 0 Å². The van der Waals surface area contributed by atoms with Gasteiger partial charge in [-0.15, -0.1) is 0 Å². The lowest BCUT2D eigenvalue weighted by molar-refractivity contribution is -0.148. The van der Waals surface area contributed by atoms with Crippen LogP contribution in [-0.2, 0) is 14.3 Å². The molecular weight excluding hydrogens is 292 g/mol. The Labute approximate surface area is 139 Å². The summed E-state index contributed by atoms with van der Waals surface area (Å²) >= 11 is 0. The number of rotatable bonds is 2. The zero-order valence-corrected chi connectivity index (χ0v) is 14.3. The van der Waals surface area contributed by atoms with E-state index in [1.807, 2.05) is 32.1 Å². The molecule has 4 nitrogen and oxygen atoms in total. The Morgan fingerprint density at radius 3 is 2.83 bits per heavy atom. The number of hydrogen-bond donors (Lipinski definition) is 1. The molecule has 130 valence electrons. The molecule has 0 saturated carbocycles. The average molecular weight is 322 g/mol. The maximum atomic E-state index is 11.7. The van der Waals surface area contributed by atoms with Gasteiger partial charge >= 0.3 is 5.97 Å². The van der Waals surface area contributed by atoms with Crippen molar-refractivity contribution in [2.24, 2.45) is 11.8 Å². The molecule has 0 fully saturated rings. The topological polar surface area (TPSA) is 63.6 Å². The van der Waals surface area contributed by atoms with Gasteiger partial charge in [-0.3, -0.25) is 4.79 Å². The number of carbonyl (C=O) groups excluding carboxylic acids is 2. The molecule has 4 atom stereocenters. The highest BCUT2D eigenvalue weighted by molar-refractivity contribution is 5.69. The lowest BCUT2D eigenvalue weighted by Crippen LogP contribution is -2.19. The summed E-state index contributed by atoms with van der Waals surface area (Å²) in [6, 6.07) is 0. The second-order valence-electron chi connectivity index (χ2n) is 6.57. The maximum absolute atomic E-state index is 11.7. The van der Waals surface area contributed by atoms with Crippen molar-refractivity contribution in [2.75, 3.05) is 0 Å². The molecule has 0 aromatic rings. The summed E-state index contributed by atoms with van der Waals surface area (Å²) in [5.74, 6) is 0.231. The number of aliphatic hydroxyl groups excluding tert-OH is 1. The second kappa shape index (κ2) is 11.2. The highest BCUT2D eigenvalue weighted by atomic mass is 16.5. The monoisotopic (exact) mass is 322 g/mol. The van der Waals surface area contributed by atoms with Crippen LogP contribution < -0.4 is 0 Å². The molecule has 0 amide bonds. The number of cyclic esters (lactones) is 1. The summed E-state index contributed by atoms with van der Waals surface area (Å²) in [5, 5.41) is 10.2. The Kier molecular flexibility index (Phi) is 9.53. The van der Waals surface area contributed by atoms with Crippen molar-refractivity contribution in [3.05, 3.63) is 24.3 Å². The third-order valence-corrected chi connectivity index (χ3v) is 4.32. The summed E-state index contributed by atoms with van der Waals surface area (Å²) < 4.78 is 5.34. The fraction of sp³-hybridized carbons (Fsp3) is 0.684. The summed E-state index contributed by atoms with van der Waals surface area (Å²) in [7, 11) is 0. The molecule has 1 N–H and O–H groups in total. The molecule has 1 aliphatic rings. The van der Waals surface area contributed by atoms with Crippen molar-refractivity contribution in [3.8, 4) is 0 Å². The molecule has 1 aliphatic heterocycles. The van der Waals surface area contributed by atoms with Crippen molar-refractivity contribution >= 4 is 12.3 Å². The van der Waals surface area contributed by atoms with Crippen molar-refractivity contribution in [1.29, 1.82) is 0 Å². The molecule has 1 rings (SSSR count). The molecule has 0 aromatic heterocycles. The Hall–Kier alpha value is -1.42. The first-order valence-corrected chi connectivity index (χ1v) is 8.67. The van der Waals surface area contributed by atoms with Crippen LogP contribution >= 0.6 is 0 Å². The standard InChI is InChI=1S/C19H30O4/c1-15-14-17(12-13-20)9-6-7-11-19(22)23-16(2)8-4-3-5-10-18(15)21/h3-5,10,13,15-18,21H,6-9,11-12,14H2,1-2H3/b4-3+,10-5+/t15-,16-,17+,18+/m1/s1. The number of aldehydes is 1. The van der Waals surface area contributed by atoms with Gasteiger partial charge < -0.3 is 14.6 Å². The minimum atomic E-state index is -0.503. The van der Waals surface area contributed by atoms with E-state index in [9.17, 15) is 14.7 Å². The van der Waals surface area contributed by atoms with Gasteiger partial charge in [0.05, 0.1) is 6.10 Å². The number of esters is 1. The number of aliphatic hydroxyl groups is 1. The minimum Gasteiger partial charge on any atom is -0.462 e. The third kappa shape index (κ3) is 8.70. The molecule has 23 heavy (non-hydrogen) atoms. The highest BCUT2D eigenvalue weighted by Crippen LogP contribution is 2.24. The molecule has 0 spiro atoms. The first-order valence-electron chi connectivity index (χ1n) is 8.67. The van der Waals surface area contributed by atoms with Gasteiger partial charge in [-0.1, -0.05) is 44.1 Å². The van der Waals surface area contributed by atoms with Crippen molar-refractivity contribution in [2.45, 2.75) is 71.0 Å². The van der Waals surface area contributed by atoms with E-state index in [0.717, 1.165) is 32.0 Å². The zero-order valence-electron chi connectivity index (χ0n) is 14.3. The SMILES string of the molecule is C[C@@H]1C/C=C/C=C/[C@H](O)[C@H](C)C[C@H](CC=O)CCCCC(=O)O1. The van der Waals surface area contributed by atoms with Gasteiger partial charge in [0.1, 0.15) is 12.4 Å². The number of hydrogen-bond acceptors (Lipinski definition) is 4. The van der Waals surface area contributed by atoms with Gasteiger partial charge in [-0.05, 0) is 31.6 Å². The van der Waals surface area contributed by atoms with Crippen LogP contribution in [0.4, 0.5) is 0 Å². The van der Waals surface area contributed by atoms with Crippen LogP contribution in [0.1, 0.15) is 58.8 Å². The molecule has 0 aliphatic carbocycles. The van der Waals surface area contributed by atoms with Crippen molar-refractivity contribution < 1.29 is 19.4 Å². The molecule has 0 unspecified atom stereocenters. The van der Waals surface area contributed by atoms with Gasteiger partial charge in [-0.25, -0.2) is 0 Å². The van der Waals surface area contributed by atoms with Crippen LogP contribution in [-0.4, -0.2) is 29.6 Å². The van der Waals surface area contributed by atoms with Crippen LogP contribution in [0.5, 0.6) is 0 Å². The summed E-state index contributed by atoms with van der Waals surface area (Å²) in [6.45, 7) is 3.89. The minimum absolute atomic E-state index is 0.112. The fourth-order valence-electron chi connectivity index (χ4n) is 2.88. The molecule has 0 aromatic carbocycles. The Morgan fingerprint density at radius 1 is 1.30 bits per heavy atom. The first kappa shape index (κ1) is 19.6. The lowest BCUT2D eigenvalue weighted by atomic mass is 9.86. The third-order valence-electron chi connectivity index (χ3n) is 4.32. The lowest BCUT2D eigenvalue weighted by Gasteiger charge is -2.22. The van der Waals surface area contributed by atoms with Crippen LogP contribution in [0.15, 0.2) is 24.3 Å². The molecule has 0 radical (unpaired) electrons. The van der Waals surface area contributed by atoms with Gasteiger partial charge in [0.25, 0.3) is 0 Å². The molecule has 0 saturated heterocycles. The Bertz CT molecular complexity index is 414. The zero-order chi connectivity index (χ0) is 17.1. The van der Waals surface area contributed by atoms with Crippen LogP contribution in [0, 0.1) is 11.8 Å². The van der Waals surface area contributed by atoms with E-state index in [-0.39, 0.29) is 23.9 Å². The number of carbonyl (C=O) groups is 2. The van der Waals surface area contributed by atoms with Gasteiger partial charge in [0.2, 0.25) is 0 Å². The van der Waals surface area contributed by atoms with Crippen LogP contribution in [0.2, 0.25) is 0 Å². The Balaban J connectivity index is 2.70. The maximum Gasteiger partial charge on any atom is 0.306 e. The summed E-state index contributed by atoms with van der Waals surface area (Å²) in [5.41, 5.74) is 0. The second-order valence-corrected chi connectivity index (χ2v) is 6.57. The molecule has 0 bridgehead atoms. The predicted octanol–water partition coefficient (Wildman–Crippen LogP) is 3.59. The predicted molar refractivity (Wildman–Crippen MR) is 90.9 cm³/mol. The molecule has 1 heterocycles. The van der Waals surface area contributed by atoms with E-state index in [0.29, 0.717) is 19.3 Å². The summed E-state index contributed by atoms with van der Waals surface area (Å²) in [4.78, 5) is 22.6. The van der Waals surface area contributed by atoms with E-state index >= 15 is 0 Å². The number of ether oxygens (including phenoxy) is 1. The highest BCUT2D eigenvalue weighted by Gasteiger charge is 2.18. The normalized spacial score (nSPS) is 34.3. The van der Waals surface area contributed by atoms with E-state index in [4.69, 9.17) is 4.74 Å². The quantitative estimate of drug-likeness (QED) is 0.623. The Morgan fingerprint density at radius 2 is 2.09 bits per heavy atom. The van der Waals surface area contributed by atoms with Crippen molar-refractivity contribution in [1.82, 2.24) is 0 Å². The largest absolute Gasteiger partial charge is 0.462 e.